The number of fused-ring (bicyclic) bond motifs is 1. The van der Waals surface area contributed by atoms with Crippen LogP contribution in [0.4, 0.5) is 5.82 Å². The lowest BCUT2D eigenvalue weighted by molar-refractivity contribution is 0.0682. The highest BCUT2D eigenvalue weighted by atomic mass is 16.3. The van der Waals surface area contributed by atoms with Crippen LogP contribution in [0.25, 0.3) is 10.8 Å². The fourth-order valence-electron chi connectivity index (χ4n) is 3.37. The van der Waals surface area contributed by atoms with Gasteiger partial charge >= 0.3 is 0 Å². The summed E-state index contributed by atoms with van der Waals surface area (Å²) in [7, 11) is 0. The van der Waals surface area contributed by atoms with Crippen LogP contribution in [0, 0.1) is 6.92 Å². The number of nitrogens with zero attached hydrogens (tertiary/aromatic N) is 3. The third-order valence-electron chi connectivity index (χ3n) is 4.65. The van der Waals surface area contributed by atoms with Crippen LogP contribution in [0.2, 0.25) is 0 Å². The van der Waals surface area contributed by atoms with E-state index in [0.29, 0.717) is 12.3 Å². The van der Waals surface area contributed by atoms with Crippen LogP contribution in [0.3, 0.4) is 0 Å². The number of hydrogen-bond acceptors (Lipinski definition) is 5. The molecule has 0 saturated carbocycles. The Bertz CT molecular complexity index is 892. The summed E-state index contributed by atoms with van der Waals surface area (Å²) in [5.74, 6) is 1.11. The third kappa shape index (κ3) is 3.07. The first-order valence-electron chi connectivity index (χ1n) is 8.54. The minimum absolute atomic E-state index is 0.0589. The molecule has 3 heterocycles. The molecule has 3 aromatic rings. The van der Waals surface area contributed by atoms with Gasteiger partial charge < -0.3 is 14.6 Å². The number of amides is 1. The number of furan rings is 1. The molecule has 6 nitrogen and oxygen atoms in total. The Hall–Kier alpha value is -2.89. The van der Waals surface area contributed by atoms with Crippen molar-refractivity contribution >= 4 is 22.5 Å². The van der Waals surface area contributed by atoms with E-state index in [9.17, 15) is 4.79 Å². The molecular formula is C19H20N4O2. The molecule has 1 N–H and O–H groups in total. The number of carbonyl (C=O) groups excluding carboxylic acids is 1. The monoisotopic (exact) mass is 336 g/mol. The summed E-state index contributed by atoms with van der Waals surface area (Å²) >= 11 is 0. The van der Waals surface area contributed by atoms with Crippen LogP contribution in [0.15, 0.2) is 47.1 Å². The van der Waals surface area contributed by atoms with E-state index in [4.69, 9.17) is 4.42 Å². The maximum Gasteiger partial charge on any atom is 0.289 e. The molecule has 128 valence electrons. The SMILES string of the molecule is Cc1nnc(NC2CCCN(C(=O)c3ccco3)C2)c2ccccc12. The van der Waals surface area contributed by atoms with Crippen molar-refractivity contribution in [3.8, 4) is 0 Å². The van der Waals surface area contributed by atoms with Crippen molar-refractivity contribution < 1.29 is 9.21 Å². The van der Waals surface area contributed by atoms with E-state index in [0.717, 1.165) is 41.7 Å². The molecule has 1 atom stereocenters. The summed E-state index contributed by atoms with van der Waals surface area (Å²) in [6.45, 7) is 3.34. The molecule has 1 saturated heterocycles. The number of nitrogens with one attached hydrogen (secondary N) is 1. The molecule has 0 radical (unpaired) electrons. The molecule has 1 aliphatic heterocycles. The van der Waals surface area contributed by atoms with Gasteiger partial charge in [-0.15, -0.1) is 5.10 Å². The standard InChI is InChI=1S/C19H20N4O2/c1-13-15-7-2-3-8-16(15)18(22-21-13)20-14-6-4-10-23(12-14)19(24)17-9-5-11-25-17/h2-3,5,7-9,11,14H,4,6,10,12H2,1H3,(H,20,22). The number of aromatic nitrogens is 2. The number of piperidine rings is 1. The number of benzene rings is 1. The highest BCUT2D eigenvalue weighted by molar-refractivity contribution is 5.93. The van der Waals surface area contributed by atoms with Gasteiger partial charge in [-0.1, -0.05) is 24.3 Å². The van der Waals surface area contributed by atoms with Gasteiger partial charge in [0.05, 0.1) is 12.0 Å². The molecule has 6 heteroatoms. The van der Waals surface area contributed by atoms with Gasteiger partial charge in [0.2, 0.25) is 0 Å². The Labute approximate surface area is 145 Å². The average Bonchev–Trinajstić information content (AvgIpc) is 3.19. The number of anilines is 1. The smallest absolute Gasteiger partial charge is 0.289 e. The van der Waals surface area contributed by atoms with Crippen molar-refractivity contribution in [3.05, 3.63) is 54.1 Å². The second-order valence-electron chi connectivity index (χ2n) is 6.39. The van der Waals surface area contributed by atoms with Crippen molar-refractivity contribution in [2.24, 2.45) is 0 Å². The first-order chi connectivity index (χ1) is 12.2. The number of aryl methyl sites for hydroxylation is 1. The first-order valence-corrected chi connectivity index (χ1v) is 8.54. The molecular weight excluding hydrogens is 316 g/mol. The summed E-state index contributed by atoms with van der Waals surface area (Å²) in [4.78, 5) is 14.3. The summed E-state index contributed by atoms with van der Waals surface area (Å²) in [6, 6.07) is 11.7. The maximum absolute atomic E-state index is 12.5. The normalized spacial score (nSPS) is 17.6. The zero-order valence-electron chi connectivity index (χ0n) is 14.1. The van der Waals surface area contributed by atoms with Crippen molar-refractivity contribution in [3.63, 3.8) is 0 Å². The average molecular weight is 336 g/mol. The van der Waals surface area contributed by atoms with Crippen LogP contribution in [0.1, 0.15) is 29.1 Å². The fraction of sp³-hybridized carbons (Fsp3) is 0.316. The van der Waals surface area contributed by atoms with E-state index < -0.39 is 0 Å². The highest BCUT2D eigenvalue weighted by Crippen LogP contribution is 2.24. The minimum Gasteiger partial charge on any atom is -0.459 e. The molecule has 2 aromatic heterocycles. The lowest BCUT2D eigenvalue weighted by atomic mass is 10.0. The summed E-state index contributed by atoms with van der Waals surface area (Å²) in [5.41, 5.74) is 0.916. The maximum atomic E-state index is 12.5. The molecule has 0 aliphatic carbocycles. The van der Waals surface area contributed by atoms with Gasteiger partial charge in [-0.25, -0.2) is 0 Å². The zero-order valence-corrected chi connectivity index (χ0v) is 14.1. The van der Waals surface area contributed by atoms with E-state index in [2.05, 4.69) is 21.6 Å². The van der Waals surface area contributed by atoms with Crippen LogP contribution < -0.4 is 5.32 Å². The largest absolute Gasteiger partial charge is 0.459 e. The minimum atomic E-state index is -0.0589. The second kappa shape index (κ2) is 6.55. The Morgan fingerprint density at radius 1 is 1.20 bits per heavy atom. The van der Waals surface area contributed by atoms with Gasteiger partial charge in [0.25, 0.3) is 5.91 Å². The molecule has 1 aromatic carbocycles. The van der Waals surface area contributed by atoms with Gasteiger partial charge in [-0.3, -0.25) is 4.79 Å². The molecule has 25 heavy (non-hydrogen) atoms. The highest BCUT2D eigenvalue weighted by Gasteiger charge is 2.26. The summed E-state index contributed by atoms with van der Waals surface area (Å²) < 4.78 is 5.24. The van der Waals surface area contributed by atoms with Crippen LogP contribution >= 0.6 is 0 Å². The van der Waals surface area contributed by atoms with Crippen molar-refractivity contribution in [2.45, 2.75) is 25.8 Å². The van der Waals surface area contributed by atoms with Gasteiger partial charge in [0.1, 0.15) is 0 Å². The number of likely N-dealkylation sites (tertiary alicyclic amines) is 1. The van der Waals surface area contributed by atoms with E-state index in [1.807, 2.05) is 30.0 Å². The van der Waals surface area contributed by atoms with Gasteiger partial charge in [-0.05, 0) is 31.9 Å². The lowest BCUT2D eigenvalue weighted by Gasteiger charge is -2.33. The van der Waals surface area contributed by atoms with Gasteiger partial charge in [-0.2, -0.15) is 5.10 Å². The van der Waals surface area contributed by atoms with Crippen LogP contribution in [-0.4, -0.2) is 40.1 Å². The fourth-order valence-corrected chi connectivity index (χ4v) is 3.37. The summed E-state index contributed by atoms with van der Waals surface area (Å²) in [5, 5.41) is 14.2. The van der Waals surface area contributed by atoms with Crippen LogP contribution in [0.5, 0.6) is 0 Å². The second-order valence-corrected chi connectivity index (χ2v) is 6.39. The van der Waals surface area contributed by atoms with Crippen molar-refractivity contribution in [2.75, 3.05) is 18.4 Å². The molecule has 1 unspecified atom stereocenters. The predicted octanol–water partition coefficient (Wildman–Crippen LogP) is 3.25. The molecule has 4 rings (SSSR count). The van der Waals surface area contributed by atoms with E-state index in [1.165, 1.54) is 6.26 Å². The number of hydrogen-bond donors (Lipinski definition) is 1. The quantitative estimate of drug-likeness (QED) is 0.795. The molecule has 1 aliphatic rings. The first kappa shape index (κ1) is 15.6. The zero-order chi connectivity index (χ0) is 17.2. The van der Waals surface area contributed by atoms with Gasteiger partial charge in [0, 0.05) is 29.9 Å². The van der Waals surface area contributed by atoms with Crippen LogP contribution in [-0.2, 0) is 0 Å². The lowest BCUT2D eigenvalue weighted by Crippen LogP contribution is -2.45. The Morgan fingerprint density at radius 2 is 2.04 bits per heavy atom. The van der Waals surface area contributed by atoms with E-state index in [1.54, 1.807) is 12.1 Å². The Balaban J connectivity index is 1.53. The third-order valence-corrected chi connectivity index (χ3v) is 4.65. The Morgan fingerprint density at radius 3 is 2.84 bits per heavy atom. The number of carbonyl (C=O) groups is 1. The van der Waals surface area contributed by atoms with E-state index in [-0.39, 0.29) is 11.9 Å². The predicted molar refractivity (Wildman–Crippen MR) is 95.5 cm³/mol. The van der Waals surface area contributed by atoms with E-state index >= 15 is 0 Å². The number of rotatable bonds is 3. The topological polar surface area (TPSA) is 71.3 Å². The van der Waals surface area contributed by atoms with Crippen molar-refractivity contribution in [1.29, 1.82) is 0 Å². The Kier molecular flexibility index (Phi) is 4.09. The summed E-state index contributed by atoms with van der Waals surface area (Å²) in [6.07, 6.45) is 3.47. The molecule has 1 fully saturated rings. The van der Waals surface area contributed by atoms with Crippen molar-refractivity contribution in [1.82, 2.24) is 15.1 Å². The molecule has 0 spiro atoms. The molecule has 1 amide bonds. The molecule has 0 bridgehead atoms. The van der Waals surface area contributed by atoms with Gasteiger partial charge in [0.15, 0.2) is 11.6 Å².